The second kappa shape index (κ2) is 2.47. The van der Waals surface area contributed by atoms with E-state index in [0.717, 1.165) is 0 Å². The monoisotopic (exact) mass is 181 g/mol. The van der Waals surface area contributed by atoms with Gasteiger partial charge in [0.05, 0.1) is 0 Å². The maximum Gasteiger partial charge on any atom is 0.435 e. The summed E-state index contributed by atoms with van der Waals surface area (Å²) in [4.78, 5) is 20.2. The molecule has 1 rings (SSSR count). The van der Waals surface area contributed by atoms with Crippen molar-refractivity contribution in [2.45, 2.75) is 6.18 Å². The van der Waals surface area contributed by atoms with E-state index < -0.39 is 23.1 Å². The summed E-state index contributed by atoms with van der Waals surface area (Å²) in [5.74, 6) is 0. The van der Waals surface area contributed by atoms with Gasteiger partial charge in [0.2, 0.25) is 5.69 Å². The molecular formula is C4H2F3N3O2. The molecular weight excluding hydrogens is 179 g/mol. The van der Waals surface area contributed by atoms with E-state index in [0.29, 0.717) is 0 Å². The van der Waals surface area contributed by atoms with Gasteiger partial charge in [-0.1, -0.05) is 0 Å². The molecule has 66 valence electrons. The fourth-order valence-electron chi connectivity index (χ4n) is 0.643. The van der Waals surface area contributed by atoms with Crippen molar-refractivity contribution in [1.29, 1.82) is 0 Å². The third-order valence-corrected chi connectivity index (χ3v) is 1.13. The molecule has 0 aliphatic carbocycles. The highest BCUT2D eigenvalue weighted by Gasteiger charge is 2.37. The van der Waals surface area contributed by atoms with Crippen molar-refractivity contribution < 1.29 is 13.2 Å². The lowest BCUT2D eigenvalue weighted by atomic mass is 10.4. The van der Waals surface area contributed by atoms with Crippen molar-refractivity contribution in [3.63, 3.8) is 0 Å². The van der Waals surface area contributed by atoms with E-state index >= 15 is 0 Å². The molecule has 0 saturated carbocycles. The molecule has 0 spiro atoms. The summed E-state index contributed by atoms with van der Waals surface area (Å²) < 4.78 is 35.6. The standard InChI is InChI=1S/C4H2F3N3O2/c5-4(6,7)2-1(10-12)3(11)9-8-2/h(H2,8,9,11). The summed E-state index contributed by atoms with van der Waals surface area (Å²) in [5, 5.41) is 5.06. The van der Waals surface area contributed by atoms with Crippen LogP contribution in [0.1, 0.15) is 5.69 Å². The molecule has 0 fully saturated rings. The van der Waals surface area contributed by atoms with Crippen LogP contribution in [0.2, 0.25) is 0 Å². The molecule has 12 heavy (non-hydrogen) atoms. The highest BCUT2D eigenvalue weighted by molar-refractivity contribution is 5.40. The Labute approximate surface area is 62.5 Å². The normalized spacial score (nSPS) is 11.6. The minimum atomic E-state index is -4.78. The van der Waals surface area contributed by atoms with Gasteiger partial charge in [-0.15, -0.1) is 4.91 Å². The molecule has 0 aliphatic rings. The van der Waals surface area contributed by atoms with Crippen molar-refractivity contribution in [1.82, 2.24) is 10.2 Å². The molecule has 0 bridgehead atoms. The average molecular weight is 181 g/mol. The Hall–Kier alpha value is -1.60. The van der Waals surface area contributed by atoms with Gasteiger partial charge in [0, 0.05) is 0 Å². The number of nitrogens with zero attached hydrogens (tertiary/aromatic N) is 1. The van der Waals surface area contributed by atoms with Gasteiger partial charge < -0.3 is 0 Å². The van der Waals surface area contributed by atoms with Crippen LogP contribution in [0.25, 0.3) is 0 Å². The van der Waals surface area contributed by atoms with E-state index in [1.807, 2.05) is 5.18 Å². The van der Waals surface area contributed by atoms with Crippen LogP contribution in [-0.4, -0.2) is 10.2 Å². The van der Waals surface area contributed by atoms with Crippen LogP contribution in [0.15, 0.2) is 9.97 Å². The van der Waals surface area contributed by atoms with Gasteiger partial charge in [-0.05, 0) is 5.18 Å². The van der Waals surface area contributed by atoms with Gasteiger partial charge in [0.1, 0.15) is 0 Å². The number of nitroso groups, excluding NO2 is 1. The van der Waals surface area contributed by atoms with Gasteiger partial charge in [-0.3, -0.25) is 15.0 Å². The van der Waals surface area contributed by atoms with Crippen molar-refractivity contribution in [3.8, 4) is 0 Å². The zero-order valence-electron chi connectivity index (χ0n) is 5.40. The zero-order chi connectivity index (χ0) is 9.35. The Morgan fingerprint density at radius 1 is 1.25 bits per heavy atom. The van der Waals surface area contributed by atoms with Crippen molar-refractivity contribution >= 4 is 5.69 Å². The van der Waals surface area contributed by atoms with Crippen LogP contribution in [0.5, 0.6) is 0 Å². The quantitative estimate of drug-likeness (QED) is 0.636. The lowest BCUT2D eigenvalue weighted by molar-refractivity contribution is -0.140. The van der Waals surface area contributed by atoms with Gasteiger partial charge in [0.15, 0.2) is 5.69 Å². The summed E-state index contributed by atoms with van der Waals surface area (Å²) in [7, 11) is 0. The molecule has 2 N–H and O–H groups in total. The van der Waals surface area contributed by atoms with Crippen LogP contribution in [0.3, 0.4) is 0 Å². The Bertz CT molecular complexity index is 349. The minimum absolute atomic E-state index is 1.18. The Balaban J connectivity index is 3.35. The third-order valence-electron chi connectivity index (χ3n) is 1.13. The molecule has 0 unspecified atom stereocenters. The van der Waals surface area contributed by atoms with Crippen LogP contribution >= 0.6 is 0 Å². The third kappa shape index (κ3) is 1.22. The lowest BCUT2D eigenvalue weighted by Crippen LogP contribution is -2.06. The Morgan fingerprint density at radius 2 is 1.83 bits per heavy atom. The number of hydrogen-bond acceptors (Lipinski definition) is 3. The van der Waals surface area contributed by atoms with Gasteiger partial charge in [0.25, 0.3) is 5.56 Å². The molecule has 0 aliphatic heterocycles. The Morgan fingerprint density at radius 3 is 2.17 bits per heavy atom. The van der Waals surface area contributed by atoms with Crippen molar-refractivity contribution in [2.75, 3.05) is 0 Å². The number of nitrogens with one attached hydrogen (secondary N) is 2. The van der Waals surface area contributed by atoms with Crippen molar-refractivity contribution in [2.24, 2.45) is 5.18 Å². The number of halogens is 3. The largest absolute Gasteiger partial charge is 0.435 e. The van der Waals surface area contributed by atoms with E-state index in [1.54, 1.807) is 5.10 Å². The SMILES string of the molecule is O=Nc1c(C(F)(F)F)[nH][nH]c1=O. The molecule has 0 atom stereocenters. The molecule has 1 aromatic heterocycles. The molecule has 0 aromatic carbocycles. The first kappa shape index (κ1) is 8.50. The first-order valence-corrected chi connectivity index (χ1v) is 2.68. The fourth-order valence-corrected chi connectivity index (χ4v) is 0.643. The van der Waals surface area contributed by atoms with E-state index in [2.05, 4.69) is 0 Å². The topological polar surface area (TPSA) is 78.1 Å². The number of alkyl halides is 3. The summed E-state index contributed by atoms with van der Waals surface area (Å²) in [6.07, 6.45) is -4.78. The summed E-state index contributed by atoms with van der Waals surface area (Å²) >= 11 is 0. The van der Waals surface area contributed by atoms with E-state index in [4.69, 9.17) is 0 Å². The number of hydrogen-bond donors (Lipinski definition) is 2. The van der Waals surface area contributed by atoms with Gasteiger partial charge in [-0.2, -0.15) is 13.2 Å². The average Bonchev–Trinajstić information content (AvgIpc) is 2.29. The van der Waals surface area contributed by atoms with Crippen LogP contribution < -0.4 is 5.56 Å². The van der Waals surface area contributed by atoms with E-state index in [1.165, 1.54) is 5.10 Å². The molecule has 1 aromatic rings. The summed E-state index contributed by atoms with van der Waals surface area (Å²) in [6, 6.07) is 0. The highest BCUT2D eigenvalue weighted by Crippen LogP contribution is 2.31. The minimum Gasteiger partial charge on any atom is -0.292 e. The van der Waals surface area contributed by atoms with Gasteiger partial charge in [-0.25, -0.2) is 0 Å². The maximum atomic E-state index is 11.9. The summed E-state index contributed by atoms with van der Waals surface area (Å²) in [6.45, 7) is 0. The van der Waals surface area contributed by atoms with E-state index in [9.17, 15) is 22.9 Å². The first-order valence-electron chi connectivity index (χ1n) is 2.68. The molecule has 1 heterocycles. The molecule has 0 amide bonds. The van der Waals surface area contributed by atoms with E-state index in [-0.39, 0.29) is 0 Å². The fraction of sp³-hybridized carbons (Fsp3) is 0.250. The second-order valence-corrected chi connectivity index (χ2v) is 1.89. The predicted octanol–water partition coefficient (Wildman–Crippen LogP) is 1.12. The maximum absolute atomic E-state index is 11.9. The molecule has 8 heteroatoms. The van der Waals surface area contributed by atoms with Crippen LogP contribution in [0, 0.1) is 4.91 Å². The predicted molar refractivity (Wildman–Crippen MR) is 31.9 cm³/mol. The zero-order valence-corrected chi connectivity index (χ0v) is 5.40. The Kier molecular flexibility index (Phi) is 1.75. The molecule has 0 radical (unpaired) electrons. The molecule has 0 saturated heterocycles. The molecule has 5 nitrogen and oxygen atoms in total. The van der Waals surface area contributed by atoms with Gasteiger partial charge >= 0.3 is 6.18 Å². The number of aromatic amines is 2. The summed E-state index contributed by atoms with van der Waals surface area (Å²) in [5.41, 5.74) is -3.82. The van der Waals surface area contributed by atoms with Crippen molar-refractivity contribution in [3.05, 3.63) is 21.0 Å². The lowest BCUT2D eigenvalue weighted by Gasteiger charge is -2.00. The second-order valence-electron chi connectivity index (χ2n) is 1.89. The van der Waals surface area contributed by atoms with Crippen LogP contribution in [0.4, 0.5) is 18.9 Å². The highest BCUT2D eigenvalue weighted by atomic mass is 19.4. The first-order chi connectivity index (χ1) is 5.46. The van der Waals surface area contributed by atoms with Crippen LogP contribution in [-0.2, 0) is 6.18 Å². The number of H-pyrrole nitrogens is 2. The number of aromatic nitrogens is 2. The smallest absolute Gasteiger partial charge is 0.292 e. The number of rotatable bonds is 1.